The average Bonchev–Trinajstić information content (AvgIpc) is 3.08. The molecule has 7 heteroatoms. The Labute approximate surface area is 112 Å². The standard InChI is InChI=1S/C11H12BrN3O3/c12-8-3-13-4-9(15(17)18)10(8)14-5-11(16,6-14)7-1-2-7/h3-4,7,16H,1-2,5-6H2. The molecule has 2 aliphatic rings. The molecule has 0 unspecified atom stereocenters. The summed E-state index contributed by atoms with van der Waals surface area (Å²) in [7, 11) is 0. The third-order valence-electron chi connectivity index (χ3n) is 3.63. The predicted molar refractivity (Wildman–Crippen MR) is 68.5 cm³/mol. The molecule has 0 aromatic carbocycles. The Hall–Kier alpha value is -1.21. The monoisotopic (exact) mass is 313 g/mol. The Morgan fingerprint density at radius 1 is 1.50 bits per heavy atom. The summed E-state index contributed by atoms with van der Waals surface area (Å²) in [6.07, 6.45) is 4.90. The Morgan fingerprint density at radius 2 is 2.17 bits per heavy atom. The van der Waals surface area contributed by atoms with Crippen LogP contribution < -0.4 is 4.90 Å². The summed E-state index contributed by atoms with van der Waals surface area (Å²) in [5.74, 6) is 0.369. The zero-order valence-electron chi connectivity index (χ0n) is 9.54. The van der Waals surface area contributed by atoms with E-state index >= 15 is 0 Å². The first kappa shape index (κ1) is 11.9. The highest BCUT2D eigenvalue weighted by Crippen LogP contribution is 2.48. The predicted octanol–water partition coefficient (Wildman–Crippen LogP) is 1.71. The second kappa shape index (κ2) is 3.89. The second-order valence-electron chi connectivity index (χ2n) is 4.98. The van der Waals surface area contributed by atoms with Gasteiger partial charge >= 0.3 is 5.69 Å². The number of halogens is 1. The zero-order valence-corrected chi connectivity index (χ0v) is 11.1. The lowest BCUT2D eigenvalue weighted by molar-refractivity contribution is -0.384. The minimum atomic E-state index is -0.656. The molecule has 1 N–H and O–H groups in total. The van der Waals surface area contributed by atoms with Gasteiger partial charge in [0.25, 0.3) is 0 Å². The van der Waals surface area contributed by atoms with Gasteiger partial charge in [0.05, 0.1) is 9.40 Å². The fraction of sp³-hybridized carbons (Fsp3) is 0.545. The van der Waals surface area contributed by atoms with Gasteiger partial charge < -0.3 is 10.0 Å². The molecule has 1 aliphatic carbocycles. The summed E-state index contributed by atoms with van der Waals surface area (Å²) in [5, 5.41) is 21.2. The largest absolute Gasteiger partial charge is 0.386 e. The van der Waals surface area contributed by atoms with E-state index in [4.69, 9.17) is 0 Å². The summed E-state index contributed by atoms with van der Waals surface area (Å²) in [4.78, 5) is 16.2. The van der Waals surface area contributed by atoms with Crippen LogP contribution in [0.15, 0.2) is 16.9 Å². The van der Waals surface area contributed by atoms with E-state index < -0.39 is 10.5 Å². The number of rotatable bonds is 3. The van der Waals surface area contributed by atoms with E-state index in [0.717, 1.165) is 12.8 Å². The molecule has 6 nitrogen and oxygen atoms in total. The van der Waals surface area contributed by atoms with Gasteiger partial charge in [-0.3, -0.25) is 15.1 Å². The van der Waals surface area contributed by atoms with Crippen molar-refractivity contribution in [2.45, 2.75) is 18.4 Å². The van der Waals surface area contributed by atoms with E-state index in [9.17, 15) is 15.2 Å². The maximum Gasteiger partial charge on any atom is 0.311 e. The number of pyridine rings is 1. The lowest BCUT2D eigenvalue weighted by Crippen LogP contribution is -2.63. The fourth-order valence-corrected chi connectivity index (χ4v) is 3.09. The van der Waals surface area contributed by atoms with Crippen LogP contribution in [-0.2, 0) is 0 Å². The molecule has 0 radical (unpaired) electrons. The number of anilines is 1. The van der Waals surface area contributed by atoms with Gasteiger partial charge in [-0.05, 0) is 34.7 Å². The van der Waals surface area contributed by atoms with Crippen LogP contribution in [0.3, 0.4) is 0 Å². The Morgan fingerprint density at radius 3 is 2.72 bits per heavy atom. The molecule has 0 bridgehead atoms. The molecule has 1 saturated heterocycles. The molecule has 96 valence electrons. The topological polar surface area (TPSA) is 79.5 Å². The van der Waals surface area contributed by atoms with Crippen molar-refractivity contribution in [3.8, 4) is 0 Å². The average molecular weight is 314 g/mol. The summed E-state index contributed by atoms with van der Waals surface area (Å²) >= 11 is 3.29. The van der Waals surface area contributed by atoms with Crippen molar-refractivity contribution >= 4 is 27.3 Å². The van der Waals surface area contributed by atoms with E-state index in [0.29, 0.717) is 29.2 Å². The van der Waals surface area contributed by atoms with Gasteiger partial charge in [-0.25, -0.2) is 0 Å². The summed E-state index contributed by atoms with van der Waals surface area (Å²) in [6, 6.07) is 0. The van der Waals surface area contributed by atoms with Crippen LogP contribution in [0.25, 0.3) is 0 Å². The van der Waals surface area contributed by atoms with Crippen molar-refractivity contribution in [2.75, 3.05) is 18.0 Å². The minimum Gasteiger partial charge on any atom is -0.386 e. The highest BCUT2D eigenvalue weighted by molar-refractivity contribution is 9.10. The molecule has 18 heavy (non-hydrogen) atoms. The van der Waals surface area contributed by atoms with Crippen LogP contribution >= 0.6 is 15.9 Å². The van der Waals surface area contributed by atoms with Crippen molar-refractivity contribution in [1.82, 2.24) is 4.98 Å². The Balaban J connectivity index is 1.87. The first-order valence-electron chi connectivity index (χ1n) is 5.76. The lowest BCUT2D eigenvalue weighted by atomic mass is 9.88. The molecular formula is C11H12BrN3O3. The minimum absolute atomic E-state index is 0.0257. The molecular weight excluding hydrogens is 302 g/mol. The summed E-state index contributed by atoms with van der Waals surface area (Å²) < 4.78 is 0.592. The van der Waals surface area contributed by atoms with Crippen molar-refractivity contribution in [3.63, 3.8) is 0 Å². The van der Waals surface area contributed by atoms with Crippen molar-refractivity contribution in [1.29, 1.82) is 0 Å². The van der Waals surface area contributed by atoms with E-state index in [1.54, 1.807) is 0 Å². The molecule has 2 heterocycles. The third kappa shape index (κ3) is 1.78. The summed E-state index contributed by atoms with van der Waals surface area (Å²) in [5.41, 5.74) is -0.168. The maximum absolute atomic E-state index is 11.0. The highest BCUT2D eigenvalue weighted by atomic mass is 79.9. The number of β-amino-alcohol motifs (C(OH)–C–C–N with tert-alkyl or cyclic N) is 1. The van der Waals surface area contributed by atoms with E-state index in [-0.39, 0.29) is 5.69 Å². The number of hydrogen-bond acceptors (Lipinski definition) is 5. The first-order chi connectivity index (χ1) is 8.51. The van der Waals surface area contributed by atoms with Crippen molar-refractivity contribution in [2.24, 2.45) is 5.92 Å². The first-order valence-corrected chi connectivity index (χ1v) is 6.56. The van der Waals surface area contributed by atoms with Crippen LogP contribution in [0.2, 0.25) is 0 Å². The number of nitro groups is 1. The van der Waals surface area contributed by atoms with Gasteiger partial charge in [0, 0.05) is 19.3 Å². The number of hydrogen-bond donors (Lipinski definition) is 1. The highest BCUT2D eigenvalue weighted by Gasteiger charge is 2.53. The van der Waals surface area contributed by atoms with Gasteiger partial charge in [0.2, 0.25) is 0 Å². The van der Waals surface area contributed by atoms with E-state index in [1.807, 2.05) is 4.90 Å². The lowest BCUT2D eigenvalue weighted by Gasteiger charge is -2.48. The zero-order chi connectivity index (χ0) is 12.9. The van der Waals surface area contributed by atoms with Crippen molar-refractivity contribution in [3.05, 3.63) is 27.0 Å². The fourth-order valence-electron chi connectivity index (χ4n) is 2.52. The van der Waals surface area contributed by atoms with Crippen LogP contribution in [0, 0.1) is 16.0 Å². The third-order valence-corrected chi connectivity index (χ3v) is 4.21. The van der Waals surface area contributed by atoms with Gasteiger partial charge in [-0.1, -0.05) is 0 Å². The van der Waals surface area contributed by atoms with Gasteiger partial charge in [0.1, 0.15) is 17.5 Å². The van der Waals surface area contributed by atoms with Gasteiger partial charge in [0.15, 0.2) is 0 Å². The molecule has 1 aliphatic heterocycles. The molecule has 0 amide bonds. The SMILES string of the molecule is O=[N+]([O-])c1cncc(Br)c1N1CC(O)(C2CC2)C1. The van der Waals surface area contributed by atoms with Crippen LogP contribution in [0.5, 0.6) is 0 Å². The Bertz CT molecular complexity index is 512. The van der Waals surface area contributed by atoms with Crippen LogP contribution in [-0.4, -0.2) is 33.7 Å². The smallest absolute Gasteiger partial charge is 0.311 e. The molecule has 1 saturated carbocycles. The number of aromatic nitrogens is 1. The van der Waals surface area contributed by atoms with Crippen molar-refractivity contribution < 1.29 is 10.0 Å². The summed E-state index contributed by atoms with van der Waals surface area (Å²) in [6.45, 7) is 0.919. The molecule has 2 fully saturated rings. The number of aliphatic hydroxyl groups is 1. The number of nitrogens with zero attached hydrogens (tertiary/aromatic N) is 3. The molecule has 0 spiro atoms. The molecule has 1 aromatic heterocycles. The normalized spacial score (nSPS) is 21.6. The quantitative estimate of drug-likeness (QED) is 0.679. The second-order valence-corrected chi connectivity index (χ2v) is 5.83. The molecule has 3 rings (SSSR count). The Kier molecular flexibility index (Phi) is 2.56. The van der Waals surface area contributed by atoms with Crippen LogP contribution in [0.4, 0.5) is 11.4 Å². The van der Waals surface area contributed by atoms with E-state index in [1.165, 1.54) is 12.4 Å². The maximum atomic E-state index is 11.0. The van der Waals surface area contributed by atoms with Gasteiger partial charge in [-0.2, -0.15) is 0 Å². The van der Waals surface area contributed by atoms with Gasteiger partial charge in [-0.15, -0.1) is 0 Å². The molecule has 1 aromatic rings. The van der Waals surface area contributed by atoms with E-state index in [2.05, 4.69) is 20.9 Å². The van der Waals surface area contributed by atoms with Crippen LogP contribution in [0.1, 0.15) is 12.8 Å². The molecule has 0 atom stereocenters.